The van der Waals surface area contributed by atoms with Gasteiger partial charge in [-0.05, 0) is 56.4 Å². The fraction of sp³-hybridized carbons (Fsp3) is 0.333. The van der Waals surface area contributed by atoms with Crippen molar-refractivity contribution in [3.05, 3.63) is 64.8 Å². The number of rotatable bonds is 5. The van der Waals surface area contributed by atoms with Gasteiger partial charge in [-0.2, -0.15) is 0 Å². The fourth-order valence-corrected chi connectivity index (χ4v) is 5.67. The Morgan fingerprint density at radius 2 is 1.73 bits per heavy atom. The van der Waals surface area contributed by atoms with Gasteiger partial charge < -0.3 is 4.98 Å². The second-order valence-electron chi connectivity index (χ2n) is 7.58. The summed E-state index contributed by atoms with van der Waals surface area (Å²) in [5, 5.41) is 1.19. The molecule has 1 aliphatic carbocycles. The van der Waals surface area contributed by atoms with Crippen LogP contribution in [0.5, 0.6) is 0 Å². The lowest BCUT2D eigenvalue weighted by atomic mass is 9.96. The van der Waals surface area contributed by atoms with Crippen molar-refractivity contribution >= 4 is 20.9 Å². The average Bonchev–Trinajstić information content (AvgIpc) is 3.23. The molecule has 0 atom stereocenters. The highest BCUT2D eigenvalue weighted by atomic mass is 32.2. The Bertz CT molecular complexity index is 1070. The van der Waals surface area contributed by atoms with Gasteiger partial charge in [0.1, 0.15) is 0 Å². The molecule has 1 saturated carbocycles. The number of H-pyrrole nitrogens is 1. The van der Waals surface area contributed by atoms with Gasteiger partial charge in [-0.1, -0.05) is 35.9 Å². The molecule has 0 spiro atoms. The summed E-state index contributed by atoms with van der Waals surface area (Å²) in [4.78, 5) is 3.72. The molecule has 1 aliphatic rings. The van der Waals surface area contributed by atoms with Crippen molar-refractivity contribution in [3.8, 4) is 0 Å². The van der Waals surface area contributed by atoms with Crippen molar-refractivity contribution in [1.29, 1.82) is 0 Å². The van der Waals surface area contributed by atoms with E-state index in [9.17, 15) is 8.42 Å². The van der Waals surface area contributed by atoms with E-state index in [0.717, 1.165) is 35.0 Å². The first kappa shape index (κ1) is 17.3. The van der Waals surface area contributed by atoms with Crippen LogP contribution in [0.3, 0.4) is 0 Å². The van der Waals surface area contributed by atoms with Crippen LogP contribution in [0.1, 0.15) is 35.1 Å². The first-order valence-corrected chi connectivity index (χ1v) is 10.4. The monoisotopic (exact) mass is 368 g/mol. The smallest absolute Gasteiger partial charge is 0.241 e. The van der Waals surface area contributed by atoms with Crippen molar-refractivity contribution in [3.63, 3.8) is 0 Å². The average molecular weight is 369 g/mol. The molecule has 0 amide bonds. The Kier molecular flexibility index (Phi) is 3.97. The number of hydrogen-bond donors (Lipinski definition) is 2. The van der Waals surface area contributed by atoms with Gasteiger partial charge in [-0.25, -0.2) is 13.1 Å². The standard InChI is InChI=1S/C21H24N2O2S/c1-14-10-15(2)20(16(3)11-14)26(24,25)23-13-21(8-9-21)18-12-22-19-7-5-4-6-17(18)19/h4-7,10-12,22-23H,8-9,13H2,1-3H3. The van der Waals surface area contributed by atoms with Gasteiger partial charge in [0.2, 0.25) is 10.0 Å². The van der Waals surface area contributed by atoms with Crippen molar-refractivity contribution in [2.45, 2.75) is 43.9 Å². The van der Waals surface area contributed by atoms with Crippen LogP contribution < -0.4 is 4.72 Å². The number of hydrogen-bond acceptors (Lipinski definition) is 2. The number of nitrogens with one attached hydrogen (secondary N) is 2. The molecule has 136 valence electrons. The minimum Gasteiger partial charge on any atom is -0.361 e. The third kappa shape index (κ3) is 2.85. The van der Waals surface area contributed by atoms with E-state index in [0.29, 0.717) is 11.4 Å². The Hall–Kier alpha value is -2.11. The predicted octanol–water partition coefficient (Wildman–Crippen LogP) is 4.10. The van der Waals surface area contributed by atoms with Gasteiger partial charge >= 0.3 is 0 Å². The molecule has 4 nitrogen and oxygen atoms in total. The minimum atomic E-state index is -3.54. The van der Waals surface area contributed by atoms with E-state index in [1.165, 1.54) is 10.9 Å². The number of aromatic nitrogens is 1. The Labute approximate surface area is 154 Å². The lowest BCUT2D eigenvalue weighted by molar-refractivity contribution is 0.566. The van der Waals surface area contributed by atoms with Crippen LogP contribution in [0.4, 0.5) is 0 Å². The van der Waals surface area contributed by atoms with Gasteiger partial charge in [0.15, 0.2) is 0 Å². The van der Waals surface area contributed by atoms with Crippen LogP contribution >= 0.6 is 0 Å². The topological polar surface area (TPSA) is 62.0 Å². The Balaban J connectivity index is 1.63. The lowest BCUT2D eigenvalue weighted by Gasteiger charge is -2.18. The molecule has 5 heteroatoms. The number of para-hydroxylation sites is 1. The zero-order valence-corrected chi connectivity index (χ0v) is 16.2. The maximum absolute atomic E-state index is 13.0. The number of sulfonamides is 1. The molecule has 0 unspecified atom stereocenters. The van der Waals surface area contributed by atoms with Gasteiger partial charge in [-0.3, -0.25) is 0 Å². The lowest BCUT2D eigenvalue weighted by Crippen LogP contribution is -2.33. The summed E-state index contributed by atoms with van der Waals surface area (Å²) in [6, 6.07) is 12.0. The van der Waals surface area contributed by atoms with Crippen LogP contribution in [0.2, 0.25) is 0 Å². The molecule has 3 aromatic rings. The predicted molar refractivity (Wildman–Crippen MR) is 105 cm³/mol. The van der Waals surface area contributed by atoms with Gasteiger partial charge in [0.05, 0.1) is 4.90 Å². The van der Waals surface area contributed by atoms with E-state index < -0.39 is 10.0 Å². The highest BCUT2D eigenvalue weighted by Gasteiger charge is 2.46. The quantitative estimate of drug-likeness (QED) is 0.712. The first-order chi connectivity index (χ1) is 12.3. The van der Waals surface area contributed by atoms with Gasteiger partial charge in [0.25, 0.3) is 0 Å². The SMILES string of the molecule is Cc1cc(C)c(S(=O)(=O)NCC2(c3c[nH]c4ccccc34)CC2)c(C)c1. The molecule has 1 aromatic heterocycles. The maximum atomic E-state index is 13.0. The van der Waals surface area contributed by atoms with Crippen LogP contribution in [0.15, 0.2) is 47.5 Å². The highest BCUT2D eigenvalue weighted by Crippen LogP contribution is 2.50. The van der Waals surface area contributed by atoms with Gasteiger partial charge in [0, 0.05) is 29.1 Å². The number of aromatic amines is 1. The summed E-state index contributed by atoms with van der Waals surface area (Å²) < 4.78 is 28.8. The van der Waals surface area contributed by atoms with E-state index in [2.05, 4.69) is 21.8 Å². The number of benzene rings is 2. The second kappa shape index (κ2) is 5.96. The molecule has 2 aromatic carbocycles. The van der Waals surface area contributed by atoms with Crippen molar-refractivity contribution in [2.75, 3.05) is 6.54 Å². The van der Waals surface area contributed by atoms with Gasteiger partial charge in [-0.15, -0.1) is 0 Å². The third-order valence-electron chi connectivity index (χ3n) is 5.49. The van der Waals surface area contributed by atoms with E-state index in [4.69, 9.17) is 0 Å². The fourth-order valence-electron chi connectivity index (χ4n) is 4.10. The highest BCUT2D eigenvalue weighted by molar-refractivity contribution is 7.89. The van der Waals surface area contributed by atoms with Crippen LogP contribution in [-0.2, 0) is 15.4 Å². The summed E-state index contributed by atoms with van der Waals surface area (Å²) in [5.41, 5.74) is 4.89. The van der Waals surface area contributed by atoms with E-state index in [-0.39, 0.29) is 5.41 Å². The summed E-state index contributed by atoms with van der Waals surface area (Å²) in [6.45, 7) is 6.15. The molecule has 1 fully saturated rings. The molecule has 4 rings (SSSR count). The molecule has 0 bridgehead atoms. The maximum Gasteiger partial charge on any atom is 0.241 e. The van der Waals surface area contributed by atoms with Crippen LogP contribution in [-0.4, -0.2) is 19.9 Å². The molecule has 2 N–H and O–H groups in total. The summed E-state index contributed by atoms with van der Waals surface area (Å²) in [7, 11) is -3.54. The van der Waals surface area contributed by atoms with Crippen molar-refractivity contribution in [1.82, 2.24) is 9.71 Å². The zero-order valence-electron chi connectivity index (χ0n) is 15.4. The Morgan fingerprint density at radius 3 is 2.38 bits per heavy atom. The van der Waals surface area contributed by atoms with Crippen molar-refractivity contribution < 1.29 is 8.42 Å². The van der Waals surface area contributed by atoms with Crippen LogP contribution in [0, 0.1) is 20.8 Å². The molecular weight excluding hydrogens is 344 g/mol. The minimum absolute atomic E-state index is 0.0980. The normalized spacial score (nSPS) is 16.1. The molecule has 1 heterocycles. The molecule has 0 radical (unpaired) electrons. The molecule has 0 saturated heterocycles. The van der Waals surface area contributed by atoms with E-state index in [1.807, 2.05) is 51.2 Å². The second-order valence-corrected chi connectivity index (χ2v) is 9.28. The molecule has 26 heavy (non-hydrogen) atoms. The first-order valence-electron chi connectivity index (χ1n) is 8.97. The van der Waals surface area contributed by atoms with E-state index >= 15 is 0 Å². The number of fused-ring (bicyclic) bond motifs is 1. The summed E-state index contributed by atoms with van der Waals surface area (Å²) >= 11 is 0. The molecule has 0 aliphatic heterocycles. The third-order valence-corrected chi connectivity index (χ3v) is 7.19. The largest absolute Gasteiger partial charge is 0.361 e. The number of aryl methyl sites for hydroxylation is 3. The zero-order chi connectivity index (χ0) is 18.5. The van der Waals surface area contributed by atoms with Crippen LogP contribution in [0.25, 0.3) is 10.9 Å². The Morgan fingerprint density at radius 1 is 1.08 bits per heavy atom. The summed E-state index contributed by atoms with van der Waals surface area (Å²) in [5.74, 6) is 0. The van der Waals surface area contributed by atoms with E-state index in [1.54, 1.807) is 0 Å². The van der Waals surface area contributed by atoms with Crippen molar-refractivity contribution in [2.24, 2.45) is 0 Å². The molecular formula is C21H24N2O2S. The summed E-state index contributed by atoms with van der Waals surface area (Å²) in [6.07, 6.45) is 4.04.